The molecule has 0 fully saturated rings. The molecule has 11 heteroatoms. The minimum atomic E-state index is -0.845. The quantitative estimate of drug-likeness (QED) is 0.388. The average molecular weight is 498 g/mol. The highest BCUT2D eigenvalue weighted by molar-refractivity contribution is 6.36. The van der Waals surface area contributed by atoms with Crippen LogP contribution in [0.25, 0.3) is 0 Å². The Morgan fingerprint density at radius 3 is 2.33 bits per heavy atom. The lowest BCUT2D eigenvalue weighted by Gasteiger charge is -2.30. The Morgan fingerprint density at radius 1 is 1.15 bits per heavy atom. The van der Waals surface area contributed by atoms with Gasteiger partial charge in [0.15, 0.2) is 6.61 Å². The lowest BCUT2D eigenvalue weighted by atomic mass is 10.1. The fourth-order valence-electron chi connectivity index (χ4n) is 2.97. The fraction of sp³-hybridized carbons (Fsp3) is 0.364. The highest BCUT2D eigenvalue weighted by Gasteiger charge is 2.28. The third-order valence-electron chi connectivity index (χ3n) is 4.70. The molecular formula is C22H25Cl2N3O6. The second-order valence-electron chi connectivity index (χ2n) is 7.44. The van der Waals surface area contributed by atoms with Crippen LogP contribution < -0.4 is 14.8 Å². The first-order chi connectivity index (χ1) is 15.5. The summed E-state index contributed by atoms with van der Waals surface area (Å²) >= 11 is 12.5. The van der Waals surface area contributed by atoms with Gasteiger partial charge in [-0.1, -0.05) is 29.3 Å². The predicted octanol–water partition coefficient (Wildman–Crippen LogP) is 4.23. The van der Waals surface area contributed by atoms with Crippen LogP contribution in [0.15, 0.2) is 36.4 Å². The molecule has 2 rings (SSSR count). The maximum atomic E-state index is 13.1. The number of benzene rings is 2. The molecule has 0 heterocycles. The van der Waals surface area contributed by atoms with Gasteiger partial charge in [-0.25, -0.2) is 0 Å². The largest absolute Gasteiger partial charge is 0.490 e. The number of nitrogens with zero attached hydrogens (tertiary/aromatic N) is 2. The van der Waals surface area contributed by atoms with Gasteiger partial charge >= 0.3 is 5.69 Å². The maximum absolute atomic E-state index is 13.1. The topological polar surface area (TPSA) is 111 Å². The van der Waals surface area contributed by atoms with Gasteiger partial charge in [0.1, 0.15) is 11.8 Å². The van der Waals surface area contributed by atoms with Gasteiger partial charge in [0.25, 0.3) is 5.91 Å². The summed E-state index contributed by atoms with van der Waals surface area (Å²) in [5.41, 5.74) is 0.264. The molecule has 0 aromatic heterocycles. The molecule has 0 aliphatic carbocycles. The Balaban J connectivity index is 2.26. The number of halogens is 2. The van der Waals surface area contributed by atoms with E-state index in [0.717, 1.165) is 0 Å². The van der Waals surface area contributed by atoms with Crippen LogP contribution in [0.4, 0.5) is 5.69 Å². The number of carbonyl (C=O) groups is 2. The molecule has 0 radical (unpaired) electrons. The summed E-state index contributed by atoms with van der Waals surface area (Å²) < 4.78 is 10.6. The van der Waals surface area contributed by atoms with Crippen molar-refractivity contribution in [2.24, 2.45) is 0 Å². The first kappa shape index (κ1) is 26.2. The van der Waals surface area contributed by atoms with Crippen LogP contribution in [0.1, 0.15) is 26.3 Å². The van der Waals surface area contributed by atoms with Crippen LogP contribution in [-0.2, 0) is 16.1 Å². The lowest BCUT2D eigenvalue weighted by Crippen LogP contribution is -2.50. The molecule has 0 aliphatic rings. The van der Waals surface area contributed by atoms with E-state index < -0.39 is 23.5 Å². The second-order valence-corrected chi connectivity index (χ2v) is 8.25. The molecular weight excluding hydrogens is 473 g/mol. The van der Waals surface area contributed by atoms with Crippen molar-refractivity contribution in [1.29, 1.82) is 0 Å². The summed E-state index contributed by atoms with van der Waals surface area (Å²) in [7, 11) is 1.29. The second kappa shape index (κ2) is 11.7. The number of hydrogen-bond donors (Lipinski definition) is 1. The third-order valence-corrected chi connectivity index (χ3v) is 5.41. The number of carbonyl (C=O) groups excluding carboxylic acids is 2. The SMILES string of the molecule is COc1cc(OCC(=O)N(Cc2c(Cl)cccc2Cl)[C@@H](C)C(=O)NC(C)C)ccc1[N+](=O)[O-]. The van der Waals surface area contributed by atoms with Crippen LogP contribution in [0.2, 0.25) is 10.0 Å². The number of nitrogens with one attached hydrogen (secondary N) is 1. The molecule has 33 heavy (non-hydrogen) atoms. The Kier molecular flexibility index (Phi) is 9.31. The van der Waals surface area contributed by atoms with E-state index in [4.69, 9.17) is 32.7 Å². The van der Waals surface area contributed by atoms with Gasteiger partial charge in [0.05, 0.1) is 12.0 Å². The zero-order valence-corrected chi connectivity index (χ0v) is 20.1. The molecule has 0 aliphatic heterocycles. The van der Waals surface area contributed by atoms with E-state index in [0.29, 0.717) is 15.6 Å². The standard InChI is InChI=1S/C22H25Cl2N3O6/c1-13(2)25-22(29)14(3)26(11-16-17(23)6-5-7-18(16)24)21(28)12-33-15-8-9-19(27(30)31)20(10-15)32-4/h5-10,13-14H,11-12H2,1-4H3,(H,25,29)/t14-/m0/s1. The molecule has 2 aromatic carbocycles. The molecule has 1 atom stereocenters. The van der Waals surface area contributed by atoms with Crippen molar-refractivity contribution in [1.82, 2.24) is 10.2 Å². The minimum absolute atomic E-state index is 0.00525. The average Bonchev–Trinajstić information content (AvgIpc) is 2.76. The Labute approximate surface area is 201 Å². The smallest absolute Gasteiger partial charge is 0.311 e. The number of methoxy groups -OCH3 is 1. The molecule has 0 unspecified atom stereocenters. The summed E-state index contributed by atoms with van der Waals surface area (Å²) in [6.07, 6.45) is 0. The summed E-state index contributed by atoms with van der Waals surface area (Å²) in [6.45, 7) is 4.77. The zero-order valence-electron chi connectivity index (χ0n) is 18.6. The molecule has 2 amide bonds. The molecule has 2 aromatic rings. The van der Waals surface area contributed by atoms with Crippen LogP contribution in [0.5, 0.6) is 11.5 Å². The van der Waals surface area contributed by atoms with Crippen LogP contribution in [-0.4, -0.2) is 47.4 Å². The molecule has 1 N–H and O–H groups in total. The van der Waals surface area contributed by atoms with Gasteiger partial charge in [-0.05, 0) is 39.0 Å². The van der Waals surface area contributed by atoms with Crippen LogP contribution in [0.3, 0.4) is 0 Å². The first-order valence-electron chi connectivity index (χ1n) is 10.0. The number of nitro benzene ring substituents is 1. The minimum Gasteiger partial charge on any atom is -0.490 e. The van der Waals surface area contributed by atoms with E-state index in [2.05, 4.69) is 5.32 Å². The third kappa shape index (κ3) is 6.97. The Morgan fingerprint density at radius 2 is 1.79 bits per heavy atom. The van der Waals surface area contributed by atoms with Crippen molar-refractivity contribution < 1.29 is 24.0 Å². The molecule has 0 spiro atoms. The van der Waals surface area contributed by atoms with Crippen molar-refractivity contribution in [2.75, 3.05) is 13.7 Å². The normalized spacial score (nSPS) is 11.6. The van der Waals surface area contributed by atoms with Gasteiger partial charge in [-0.15, -0.1) is 0 Å². The van der Waals surface area contributed by atoms with Crippen molar-refractivity contribution in [3.8, 4) is 11.5 Å². The molecule has 0 saturated carbocycles. The predicted molar refractivity (Wildman–Crippen MR) is 125 cm³/mol. The number of hydrogen-bond acceptors (Lipinski definition) is 6. The molecule has 0 bridgehead atoms. The van der Waals surface area contributed by atoms with Gasteiger partial charge in [-0.3, -0.25) is 19.7 Å². The Hall–Kier alpha value is -3.04. The summed E-state index contributed by atoms with van der Waals surface area (Å²) in [6, 6.07) is 7.90. The highest BCUT2D eigenvalue weighted by Crippen LogP contribution is 2.31. The maximum Gasteiger partial charge on any atom is 0.311 e. The lowest BCUT2D eigenvalue weighted by molar-refractivity contribution is -0.385. The highest BCUT2D eigenvalue weighted by atomic mass is 35.5. The van der Waals surface area contributed by atoms with Crippen LogP contribution >= 0.6 is 23.2 Å². The van der Waals surface area contributed by atoms with Gasteiger partial charge in [0.2, 0.25) is 11.7 Å². The van der Waals surface area contributed by atoms with E-state index in [9.17, 15) is 19.7 Å². The zero-order chi connectivity index (χ0) is 24.7. The van der Waals surface area contributed by atoms with Crippen LogP contribution in [0, 0.1) is 10.1 Å². The Bertz CT molecular complexity index is 1010. The summed E-state index contributed by atoms with van der Waals surface area (Å²) in [4.78, 5) is 37.5. The number of rotatable bonds is 10. The molecule has 178 valence electrons. The van der Waals surface area contributed by atoms with Crippen molar-refractivity contribution in [3.05, 3.63) is 62.1 Å². The van der Waals surface area contributed by atoms with E-state index in [-0.39, 0.29) is 35.7 Å². The number of ether oxygens (including phenoxy) is 2. The number of nitro groups is 1. The van der Waals surface area contributed by atoms with Crippen molar-refractivity contribution in [2.45, 2.75) is 39.4 Å². The van der Waals surface area contributed by atoms with Gasteiger partial charge in [0, 0.05) is 40.3 Å². The van der Waals surface area contributed by atoms with E-state index in [1.807, 2.05) is 13.8 Å². The van der Waals surface area contributed by atoms with Crippen molar-refractivity contribution >= 4 is 40.7 Å². The van der Waals surface area contributed by atoms with E-state index in [1.165, 1.54) is 30.2 Å². The van der Waals surface area contributed by atoms with E-state index in [1.54, 1.807) is 25.1 Å². The summed E-state index contributed by atoms with van der Waals surface area (Å²) in [5.74, 6) is -0.664. The fourth-order valence-corrected chi connectivity index (χ4v) is 3.48. The van der Waals surface area contributed by atoms with Gasteiger partial charge < -0.3 is 19.7 Å². The molecule has 9 nitrogen and oxygen atoms in total. The monoisotopic (exact) mass is 497 g/mol. The van der Waals surface area contributed by atoms with Crippen molar-refractivity contribution in [3.63, 3.8) is 0 Å². The van der Waals surface area contributed by atoms with Gasteiger partial charge in [-0.2, -0.15) is 0 Å². The molecule has 0 saturated heterocycles. The number of amides is 2. The summed E-state index contributed by atoms with van der Waals surface area (Å²) in [5, 5.41) is 14.6. The van der Waals surface area contributed by atoms with E-state index >= 15 is 0 Å². The first-order valence-corrected chi connectivity index (χ1v) is 10.8.